The second-order valence-electron chi connectivity index (χ2n) is 15.7. The van der Waals surface area contributed by atoms with E-state index in [-0.39, 0.29) is 5.41 Å². The van der Waals surface area contributed by atoms with Crippen molar-refractivity contribution in [3.63, 3.8) is 0 Å². The van der Waals surface area contributed by atoms with Crippen LogP contribution in [0.4, 0.5) is 17.1 Å². The molecule has 3 heteroatoms. The Hall–Kier alpha value is -6.19. The second kappa shape index (κ2) is 12.7. The van der Waals surface area contributed by atoms with Crippen molar-refractivity contribution in [3.8, 4) is 27.9 Å². The standard InChI is InChI=1S/C51H43N3/c1-34-29-38(33-52-32-34)36-19-24-41(25-20-36)53(42-26-27-44-43-13-7-9-15-47(43)51(2,3)48(44)31-42)40-22-17-35(18-23-40)37-21-28-50-46(30-37)45-14-8-10-16-49(45)54(50)39-11-5-4-6-12-39/h4-7,9-13,15-28,30-34H,8,14,29H2,1-3H3. The van der Waals surface area contributed by atoms with Crippen molar-refractivity contribution in [3.05, 3.63) is 180 Å². The van der Waals surface area contributed by atoms with Gasteiger partial charge in [0.05, 0.1) is 5.52 Å². The summed E-state index contributed by atoms with van der Waals surface area (Å²) >= 11 is 0. The summed E-state index contributed by atoms with van der Waals surface area (Å²) in [5.74, 6) is 0.449. The Morgan fingerprint density at radius 3 is 2.13 bits per heavy atom. The number of para-hydroxylation sites is 1. The van der Waals surface area contributed by atoms with Crippen LogP contribution in [0.15, 0.2) is 157 Å². The van der Waals surface area contributed by atoms with Crippen LogP contribution in [0.1, 0.15) is 61.6 Å². The largest absolute Gasteiger partial charge is 0.310 e. The summed E-state index contributed by atoms with van der Waals surface area (Å²) < 4.78 is 2.42. The van der Waals surface area contributed by atoms with Crippen molar-refractivity contribution in [2.24, 2.45) is 10.9 Å². The van der Waals surface area contributed by atoms with Gasteiger partial charge in [-0.3, -0.25) is 4.99 Å². The summed E-state index contributed by atoms with van der Waals surface area (Å²) in [6, 6.07) is 51.9. The van der Waals surface area contributed by atoms with Crippen LogP contribution in [-0.2, 0) is 11.8 Å². The van der Waals surface area contributed by atoms with Gasteiger partial charge in [0, 0.05) is 51.7 Å². The SMILES string of the molecule is CC1C=NC=C(c2ccc(N(c3ccc(-c4ccc5c(c4)c4c(n5-c5ccccc5)C=CCC4)cc3)c3ccc4c(c3)C(C)(C)c3ccccc3-4)cc2)C1. The Bertz CT molecular complexity index is 2650. The van der Waals surface area contributed by atoms with Gasteiger partial charge in [0.1, 0.15) is 0 Å². The first-order valence-corrected chi connectivity index (χ1v) is 19.3. The van der Waals surface area contributed by atoms with Crippen LogP contribution in [0.3, 0.4) is 0 Å². The molecule has 6 aromatic carbocycles. The third-order valence-corrected chi connectivity index (χ3v) is 11.9. The predicted molar refractivity (Wildman–Crippen MR) is 229 cm³/mol. The van der Waals surface area contributed by atoms with Crippen LogP contribution < -0.4 is 4.90 Å². The van der Waals surface area contributed by atoms with E-state index in [1.165, 1.54) is 72.4 Å². The van der Waals surface area contributed by atoms with E-state index in [4.69, 9.17) is 0 Å². The molecule has 54 heavy (non-hydrogen) atoms. The first-order valence-electron chi connectivity index (χ1n) is 19.3. The van der Waals surface area contributed by atoms with Crippen LogP contribution in [0.2, 0.25) is 0 Å². The van der Waals surface area contributed by atoms with E-state index < -0.39 is 0 Å². The predicted octanol–water partition coefficient (Wildman–Crippen LogP) is 13.5. The topological polar surface area (TPSA) is 20.5 Å². The molecule has 0 saturated heterocycles. The average Bonchev–Trinajstić information content (AvgIpc) is 3.67. The zero-order valence-electron chi connectivity index (χ0n) is 31.1. The van der Waals surface area contributed by atoms with E-state index in [0.29, 0.717) is 5.92 Å². The van der Waals surface area contributed by atoms with Crippen molar-refractivity contribution >= 4 is 45.8 Å². The van der Waals surface area contributed by atoms with E-state index in [0.717, 1.165) is 36.3 Å². The van der Waals surface area contributed by atoms with Crippen molar-refractivity contribution in [2.45, 2.75) is 45.4 Å². The van der Waals surface area contributed by atoms with Crippen LogP contribution in [0, 0.1) is 5.92 Å². The van der Waals surface area contributed by atoms with Crippen molar-refractivity contribution < 1.29 is 0 Å². The minimum Gasteiger partial charge on any atom is -0.310 e. The highest BCUT2D eigenvalue weighted by Crippen LogP contribution is 2.50. The van der Waals surface area contributed by atoms with Gasteiger partial charge in [0.15, 0.2) is 0 Å². The summed E-state index contributed by atoms with van der Waals surface area (Å²) in [6.07, 6.45) is 11.8. The van der Waals surface area contributed by atoms with Crippen LogP contribution in [0.25, 0.3) is 50.5 Å². The highest BCUT2D eigenvalue weighted by molar-refractivity contribution is 5.94. The first-order chi connectivity index (χ1) is 26.4. The maximum atomic E-state index is 4.52. The van der Waals surface area contributed by atoms with Crippen LogP contribution >= 0.6 is 0 Å². The van der Waals surface area contributed by atoms with Gasteiger partial charge in [0.25, 0.3) is 0 Å². The van der Waals surface area contributed by atoms with Gasteiger partial charge in [-0.25, -0.2) is 0 Å². The number of aryl methyl sites for hydroxylation is 1. The number of aliphatic imine (C=N–C) groups is 1. The van der Waals surface area contributed by atoms with Gasteiger partial charge < -0.3 is 9.47 Å². The third-order valence-electron chi connectivity index (χ3n) is 11.9. The number of hydrogen-bond acceptors (Lipinski definition) is 2. The number of fused-ring (bicyclic) bond motifs is 6. The van der Waals surface area contributed by atoms with Gasteiger partial charge in [-0.05, 0) is 142 Å². The molecule has 1 unspecified atom stereocenters. The lowest BCUT2D eigenvalue weighted by Crippen LogP contribution is -2.16. The van der Waals surface area contributed by atoms with Crippen molar-refractivity contribution in [1.29, 1.82) is 0 Å². The smallest absolute Gasteiger partial charge is 0.0538 e. The molecule has 0 saturated carbocycles. The Kier molecular flexibility index (Phi) is 7.66. The Balaban J connectivity index is 1.05. The molecular weight excluding hydrogens is 655 g/mol. The maximum Gasteiger partial charge on any atom is 0.0538 e. The maximum absolute atomic E-state index is 4.52. The molecule has 0 radical (unpaired) electrons. The lowest BCUT2D eigenvalue weighted by atomic mass is 9.82. The summed E-state index contributed by atoms with van der Waals surface area (Å²) in [7, 11) is 0. The summed E-state index contributed by atoms with van der Waals surface area (Å²) in [5, 5.41) is 1.34. The number of nitrogens with zero attached hydrogens (tertiary/aromatic N) is 3. The lowest BCUT2D eigenvalue weighted by molar-refractivity contribution is 0.660. The number of aromatic nitrogens is 1. The molecule has 1 aliphatic heterocycles. The molecule has 1 aromatic heterocycles. The molecule has 3 nitrogen and oxygen atoms in total. The second-order valence-corrected chi connectivity index (χ2v) is 15.7. The Morgan fingerprint density at radius 1 is 0.667 bits per heavy atom. The zero-order valence-corrected chi connectivity index (χ0v) is 31.1. The van der Waals surface area contributed by atoms with E-state index in [1.807, 2.05) is 12.4 Å². The minimum absolute atomic E-state index is 0.0842. The number of hydrogen-bond donors (Lipinski definition) is 0. The van der Waals surface area contributed by atoms with Gasteiger partial charge in [-0.2, -0.15) is 0 Å². The van der Waals surface area contributed by atoms with E-state index in [2.05, 4.69) is 187 Å². The fourth-order valence-corrected chi connectivity index (χ4v) is 9.10. The fourth-order valence-electron chi connectivity index (χ4n) is 9.10. The van der Waals surface area contributed by atoms with E-state index in [9.17, 15) is 0 Å². The van der Waals surface area contributed by atoms with Gasteiger partial charge in [-0.1, -0.05) is 106 Å². The van der Waals surface area contributed by atoms with Crippen LogP contribution in [-0.4, -0.2) is 10.8 Å². The molecule has 2 aliphatic carbocycles. The van der Waals surface area contributed by atoms with Crippen molar-refractivity contribution in [2.75, 3.05) is 4.90 Å². The van der Waals surface area contributed by atoms with Crippen LogP contribution in [0.5, 0.6) is 0 Å². The van der Waals surface area contributed by atoms with Gasteiger partial charge in [-0.15, -0.1) is 0 Å². The highest BCUT2D eigenvalue weighted by Gasteiger charge is 2.35. The molecular formula is C51H43N3. The molecule has 1 atom stereocenters. The number of rotatable bonds is 6. The molecule has 2 heterocycles. The first kappa shape index (κ1) is 32.5. The monoisotopic (exact) mass is 697 g/mol. The summed E-state index contributed by atoms with van der Waals surface area (Å²) in [5.41, 5.74) is 19.0. The molecule has 0 fully saturated rings. The number of allylic oxidation sites excluding steroid dienone is 2. The Morgan fingerprint density at radius 2 is 1.35 bits per heavy atom. The van der Waals surface area contributed by atoms with Crippen molar-refractivity contribution in [1.82, 2.24) is 4.57 Å². The van der Waals surface area contributed by atoms with E-state index in [1.54, 1.807) is 0 Å². The minimum atomic E-state index is -0.0842. The quantitative estimate of drug-likeness (QED) is 0.169. The normalized spacial score (nSPS) is 16.5. The van der Waals surface area contributed by atoms with Gasteiger partial charge >= 0.3 is 0 Å². The molecule has 3 aliphatic rings. The summed E-state index contributed by atoms with van der Waals surface area (Å²) in [4.78, 5) is 6.93. The molecule has 0 amide bonds. The zero-order chi connectivity index (χ0) is 36.4. The lowest BCUT2D eigenvalue weighted by Gasteiger charge is -2.28. The number of anilines is 3. The fraction of sp³-hybridized carbons (Fsp3) is 0.157. The van der Waals surface area contributed by atoms with Gasteiger partial charge in [0.2, 0.25) is 0 Å². The molecule has 262 valence electrons. The number of benzene rings is 6. The molecule has 0 N–H and O–H groups in total. The molecule has 7 aromatic rings. The average molecular weight is 698 g/mol. The third kappa shape index (κ3) is 5.29. The van der Waals surface area contributed by atoms with E-state index >= 15 is 0 Å². The Labute approximate surface area is 318 Å². The molecule has 0 spiro atoms. The molecule has 10 rings (SSSR count). The molecule has 0 bridgehead atoms. The highest BCUT2D eigenvalue weighted by atomic mass is 15.1. The summed E-state index contributed by atoms with van der Waals surface area (Å²) in [6.45, 7) is 6.94.